The monoisotopic (exact) mass is 321 g/mol. The lowest BCUT2D eigenvalue weighted by Gasteiger charge is -2.31. The highest BCUT2D eigenvalue weighted by Gasteiger charge is 2.38. The number of aryl methyl sites for hydroxylation is 1. The van der Waals surface area contributed by atoms with Gasteiger partial charge in [-0.2, -0.15) is 13.5 Å². The molecule has 2 atom stereocenters. The first-order valence-electron chi connectivity index (χ1n) is 6.88. The molecule has 2 aliphatic carbocycles. The normalized spacial score (nSPS) is 24.9. The molecule has 1 saturated carbocycles. The van der Waals surface area contributed by atoms with Gasteiger partial charge in [-0.15, -0.1) is 0 Å². The van der Waals surface area contributed by atoms with Crippen LogP contribution in [0.4, 0.5) is 5.69 Å². The molecular weight excluding hydrogens is 306 g/mol. The van der Waals surface area contributed by atoms with Gasteiger partial charge >= 0.3 is 0 Å². The summed E-state index contributed by atoms with van der Waals surface area (Å²) in [5, 5.41) is 14.9. The van der Waals surface area contributed by atoms with E-state index in [2.05, 4.69) is 22.1 Å². The fourth-order valence-electron chi connectivity index (χ4n) is 2.79. The Morgan fingerprint density at radius 2 is 2.18 bits per heavy atom. The first-order valence-corrected chi connectivity index (χ1v) is 8.37. The van der Waals surface area contributed by atoms with Gasteiger partial charge in [0.2, 0.25) is 0 Å². The molecule has 0 saturated heterocycles. The Bertz CT molecular complexity index is 798. The second-order valence-electron chi connectivity index (χ2n) is 5.54. The summed E-state index contributed by atoms with van der Waals surface area (Å²) in [5.74, 6) is 0.777. The van der Waals surface area contributed by atoms with Crippen LogP contribution in [0.2, 0.25) is 0 Å². The Morgan fingerprint density at radius 1 is 1.41 bits per heavy atom. The zero-order valence-corrected chi connectivity index (χ0v) is 12.7. The Kier molecular flexibility index (Phi) is 3.48. The van der Waals surface area contributed by atoms with Crippen LogP contribution in [-0.4, -0.2) is 19.1 Å². The van der Waals surface area contributed by atoms with Crippen molar-refractivity contribution in [3.63, 3.8) is 0 Å². The van der Waals surface area contributed by atoms with Crippen molar-refractivity contribution in [3.05, 3.63) is 46.0 Å². The predicted octanol–water partition coefficient (Wildman–Crippen LogP) is 2.13. The van der Waals surface area contributed by atoms with E-state index in [-0.39, 0.29) is 10.6 Å². The highest BCUT2D eigenvalue weighted by atomic mass is 32.2. The highest BCUT2D eigenvalue weighted by molar-refractivity contribution is 7.89. The third kappa shape index (κ3) is 2.50. The van der Waals surface area contributed by atoms with Crippen molar-refractivity contribution in [1.82, 2.24) is 4.83 Å². The number of hydrazone groups is 1. The van der Waals surface area contributed by atoms with Crippen molar-refractivity contribution in [1.29, 1.82) is 0 Å². The lowest BCUT2D eigenvalue weighted by atomic mass is 9.74. The van der Waals surface area contributed by atoms with Crippen LogP contribution in [0.25, 0.3) is 0 Å². The van der Waals surface area contributed by atoms with E-state index < -0.39 is 14.9 Å². The Morgan fingerprint density at radius 3 is 2.86 bits per heavy atom. The minimum absolute atomic E-state index is 0.158. The number of fused-ring (bicyclic) bond motifs is 1. The largest absolute Gasteiger partial charge is 0.276 e. The Hall–Kier alpha value is -2.22. The van der Waals surface area contributed by atoms with Gasteiger partial charge < -0.3 is 0 Å². The van der Waals surface area contributed by atoms with Crippen molar-refractivity contribution in [2.45, 2.75) is 24.7 Å². The average Bonchev–Trinajstić information content (AvgIpc) is 2.80. The van der Waals surface area contributed by atoms with Gasteiger partial charge in [0.25, 0.3) is 15.7 Å². The van der Waals surface area contributed by atoms with Gasteiger partial charge in [0.1, 0.15) is 0 Å². The van der Waals surface area contributed by atoms with E-state index in [0.29, 0.717) is 17.4 Å². The van der Waals surface area contributed by atoms with E-state index in [0.717, 1.165) is 24.6 Å². The average molecular weight is 321 g/mol. The molecule has 0 heterocycles. The fraction of sp³-hybridized carbons (Fsp3) is 0.357. The number of hydrogen-bond acceptors (Lipinski definition) is 5. The van der Waals surface area contributed by atoms with E-state index >= 15 is 0 Å². The molecule has 0 spiro atoms. The maximum atomic E-state index is 12.2. The van der Waals surface area contributed by atoms with Crippen LogP contribution in [-0.2, 0) is 10.0 Å². The van der Waals surface area contributed by atoms with Crippen LogP contribution < -0.4 is 4.83 Å². The van der Waals surface area contributed by atoms with Crippen LogP contribution in [0.3, 0.4) is 0 Å². The number of nitro groups is 1. The van der Waals surface area contributed by atoms with Gasteiger partial charge in [0.15, 0.2) is 0 Å². The standard InChI is InChI=1S/C14H15N3O4S/c1-9-5-6-11(8-14(9)17(18)19)22(20,21)16-15-13-7-10-3-2-4-12(10)13/h2-3,5-6,8,10,12,16H,4,7H2,1H3/b15-13-/t10-,12+/m1/s1. The molecule has 22 heavy (non-hydrogen) atoms. The van der Waals surface area contributed by atoms with Crippen LogP contribution >= 0.6 is 0 Å². The molecule has 3 rings (SSSR count). The summed E-state index contributed by atoms with van der Waals surface area (Å²) in [6.45, 7) is 1.56. The summed E-state index contributed by atoms with van der Waals surface area (Å²) in [6, 6.07) is 3.81. The number of sulfonamides is 1. The van der Waals surface area contributed by atoms with Crippen LogP contribution in [0.5, 0.6) is 0 Å². The van der Waals surface area contributed by atoms with Gasteiger partial charge in [-0.3, -0.25) is 10.1 Å². The lowest BCUT2D eigenvalue weighted by Crippen LogP contribution is -2.35. The number of rotatable bonds is 4. The molecule has 0 bridgehead atoms. The zero-order valence-electron chi connectivity index (χ0n) is 11.9. The summed E-state index contributed by atoms with van der Waals surface area (Å²) in [4.78, 5) is 12.3. The molecule has 8 heteroatoms. The molecule has 116 valence electrons. The van der Waals surface area contributed by atoms with Crippen LogP contribution in [0.15, 0.2) is 40.3 Å². The third-order valence-corrected chi connectivity index (χ3v) is 5.37. The van der Waals surface area contributed by atoms with E-state index in [1.165, 1.54) is 12.1 Å². The SMILES string of the molecule is Cc1ccc(S(=O)(=O)N/N=C2/C[C@H]3C=CC[C@H]23)cc1[N+](=O)[O-]. The van der Waals surface area contributed by atoms with E-state index in [9.17, 15) is 18.5 Å². The van der Waals surface area contributed by atoms with Gasteiger partial charge in [0.05, 0.1) is 9.82 Å². The number of nitro benzene ring substituents is 1. The van der Waals surface area contributed by atoms with Crippen molar-refractivity contribution >= 4 is 21.4 Å². The molecule has 0 unspecified atom stereocenters. The molecule has 0 radical (unpaired) electrons. The summed E-state index contributed by atoms with van der Waals surface area (Å²) in [5.41, 5.74) is 1.02. The quantitative estimate of drug-likeness (QED) is 0.521. The predicted molar refractivity (Wildman–Crippen MR) is 80.9 cm³/mol. The molecule has 0 aromatic heterocycles. The summed E-state index contributed by atoms with van der Waals surface area (Å²) in [6.07, 6.45) is 5.86. The highest BCUT2D eigenvalue weighted by Crippen LogP contribution is 2.40. The van der Waals surface area contributed by atoms with E-state index in [1.54, 1.807) is 6.92 Å². The molecule has 1 N–H and O–H groups in total. The molecule has 0 aliphatic heterocycles. The van der Waals surface area contributed by atoms with E-state index in [1.807, 2.05) is 0 Å². The Labute approximate surface area is 127 Å². The van der Waals surface area contributed by atoms with Crippen molar-refractivity contribution in [2.75, 3.05) is 0 Å². The number of allylic oxidation sites excluding steroid dienone is 2. The summed E-state index contributed by atoms with van der Waals surface area (Å²) >= 11 is 0. The number of nitrogens with zero attached hydrogens (tertiary/aromatic N) is 2. The maximum Gasteiger partial charge on any atom is 0.276 e. The minimum atomic E-state index is -3.90. The van der Waals surface area contributed by atoms with Gasteiger partial charge in [0, 0.05) is 23.3 Å². The number of nitrogens with one attached hydrogen (secondary N) is 1. The molecular formula is C14H15N3O4S. The van der Waals surface area contributed by atoms with Gasteiger partial charge in [-0.1, -0.05) is 18.2 Å². The molecule has 1 aromatic rings. The van der Waals surface area contributed by atoms with Gasteiger partial charge in [-0.05, 0) is 31.7 Å². The van der Waals surface area contributed by atoms with Crippen LogP contribution in [0, 0.1) is 28.9 Å². The first-order chi connectivity index (χ1) is 10.4. The third-order valence-electron chi connectivity index (χ3n) is 4.16. The Balaban J connectivity index is 1.80. The first kappa shape index (κ1) is 14.7. The zero-order chi connectivity index (χ0) is 15.9. The van der Waals surface area contributed by atoms with Crippen molar-refractivity contribution in [2.24, 2.45) is 16.9 Å². The minimum Gasteiger partial charge on any atom is -0.258 e. The van der Waals surface area contributed by atoms with E-state index in [4.69, 9.17) is 0 Å². The second kappa shape index (κ2) is 5.20. The van der Waals surface area contributed by atoms with Crippen LogP contribution in [0.1, 0.15) is 18.4 Å². The summed E-state index contributed by atoms with van der Waals surface area (Å²) < 4.78 is 24.4. The second-order valence-corrected chi connectivity index (χ2v) is 7.20. The fourth-order valence-corrected chi connectivity index (χ4v) is 3.64. The number of benzene rings is 1. The molecule has 7 nitrogen and oxygen atoms in total. The smallest absolute Gasteiger partial charge is 0.258 e. The topological polar surface area (TPSA) is 102 Å². The lowest BCUT2D eigenvalue weighted by molar-refractivity contribution is -0.385. The molecule has 0 amide bonds. The maximum absolute atomic E-state index is 12.2. The van der Waals surface area contributed by atoms with Crippen molar-refractivity contribution < 1.29 is 13.3 Å². The molecule has 2 aliphatic rings. The van der Waals surface area contributed by atoms with Crippen molar-refractivity contribution in [3.8, 4) is 0 Å². The summed E-state index contributed by atoms with van der Waals surface area (Å²) in [7, 11) is -3.90. The van der Waals surface area contributed by atoms with Gasteiger partial charge in [-0.25, -0.2) is 4.83 Å². The molecule has 1 aromatic carbocycles. The molecule has 1 fully saturated rings. The number of hydrogen-bond donors (Lipinski definition) is 1.